The Hall–Kier alpha value is -1.72. The Bertz CT molecular complexity index is 772. The van der Waals surface area contributed by atoms with E-state index in [-0.39, 0.29) is 4.90 Å². The van der Waals surface area contributed by atoms with E-state index in [4.69, 9.17) is 11.6 Å². The van der Waals surface area contributed by atoms with Gasteiger partial charge < -0.3 is 5.32 Å². The van der Waals surface area contributed by atoms with Crippen LogP contribution in [-0.4, -0.2) is 15.0 Å². The SMILES string of the molecule is Cc1cc(S(=O)(=O)Nc2ccc(NCC(C)C)cc2)ccc1Cl. The summed E-state index contributed by atoms with van der Waals surface area (Å²) < 4.78 is 27.4. The predicted molar refractivity (Wildman–Crippen MR) is 96.8 cm³/mol. The van der Waals surface area contributed by atoms with Crippen LogP contribution in [0.25, 0.3) is 0 Å². The molecule has 0 fully saturated rings. The Balaban J connectivity index is 2.12. The van der Waals surface area contributed by atoms with Gasteiger partial charge in [0.25, 0.3) is 10.0 Å². The molecular weight excluding hydrogens is 332 g/mol. The van der Waals surface area contributed by atoms with E-state index in [0.29, 0.717) is 16.6 Å². The van der Waals surface area contributed by atoms with E-state index < -0.39 is 10.0 Å². The van der Waals surface area contributed by atoms with Crippen molar-refractivity contribution < 1.29 is 8.42 Å². The van der Waals surface area contributed by atoms with Crippen LogP contribution in [0.2, 0.25) is 5.02 Å². The Morgan fingerprint density at radius 1 is 1.04 bits per heavy atom. The molecule has 0 aromatic heterocycles. The van der Waals surface area contributed by atoms with E-state index in [0.717, 1.165) is 17.8 Å². The molecule has 0 saturated heterocycles. The zero-order valence-electron chi connectivity index (χ0n) is 13.4. The van der Waals surface area contributed by atoms with E-state index in [9.17, 15) is 8.42 Å². The maximum atomic E-state index is 12.4. The maximum absolute atomic E-state index is 12.4. The zero-order valence-corrected chi connectivity index (χ0v) is 15.0. The van der Waals surface area contributed by atoms with Crippen LogP contribution in [0.1, 0.15) is 19.4 Å². The highest BCUT2D eigenvalue weighted by Crippen LogP contribution is 2.22. The summed E-state index contributed by atoms with van der Waals surface area (Å²) in [5, 5.41) is 3.83. The number of hydrogen-bond donors (Lipinski definition) is 2. The highest BCUT2D eigenvalue weighted by atomic mass is 35.5. The Kier molecular flexibility index (Phi) is 5.55. The molecular formula is C17H21ClN2O2S. The van der Waals surface area contributed by atoms with Gasteiger partial charge in [-0.1, -0.05) is 25.4 Å². The molecule has 0 atom stereocenters. The lowest BCUT2D eigenvalue weighted by molar-refractivity contribution is 0.601. The van der Waals surface area contributed by atoms with Gasteiger partial charge in [-0.3, -0.25) is 4.72 Å². The highest BCUT2D eigenvalue weighted by Gasteiger charge is 2.15. The molecule has 0 aliphatic rings. The van der Waals surface area contributed by atoms with Gasteiger partial charge in [0.2, 0.25) is 0 Å². The smallest absolute Gasteiger partial charge is 0.261 e. The van der Waals surface area contributed by atoms with E-state index in [2.05, 4.69) is 23.9 Å². The second-order valence-electron chi connectivity index (χ2n) is 5.87. The average molecular weight is 353 g/mol. The van der Waals surface area contributed by atoms with Gasteiger partial charge in [-0.15, -0.1) is 0 Å². The summed E-state index contributed by atoms with van der Waals surface area (Å²) >= 11 is 5.94. The molecule has 2 rings (SSSR count). The average Bonchev–Trinajstić information content (AvgIpc) is 2.49. The number of aryl methyl sites for hydroxylation is 1. The van der Waals surface area contributed by atoms with E-state index in [1.54, 1.807) is 31.2 Å². The van der Waals surface area contributed by atoms with Crippen LogP contribution in [0.15, 0.2) is 47.4 Å². The van der Waals surface area contributed by atoms with Crippen LogP contribution in [-0.2, 0) is 10.0 Å². The molecule has 4 nitrogen and oxygen atoms in total. The van der Waals surface area contributed by atoms with Gasteiger partial charge in [0.15, 0.2) is 0 Å². The van der Waals surface area contributed by atoms with Crippen LogP contribution >= 0.6 is 11.6 Å². The first-order valence-corrected chi connectivity index (χ1v) is 9.27. The molecule has 6 heteroatoms. The minimum atomic E-state index is -3.62. The number of halogens is 1. The first-order valence-electron chi connectivity index (χ1n) is 7.41. The lowest BCUT2D eigenvalue weighted by Gasteiger charge is -2.11. The summed E-state index contributed by atoms with van der Waals surface area (Å²) in [5.41, 5.74) is 2.21. The molecule has 2 aromatic carbocycles. The molecule has 2 N–H and O–H groups in total. The quantitative estimate of drug-likeness (QED) is 0.803. The van der Waals surface area contributed by atoms with Crippen molar-refractivity contribution in [3.63, 3.8) is 0 Å². The van der Waals surface area contributed by atoms with E-state index in [1.165, 1.54) is 6.07 Å². The molecule has 23 heavy (non-hydrogen) atoms. The van der Waals surface area contributed by atoms with Crippen molar-refractivity contribution in [3.8, 4) is 0 Å². The minimum Gasteiger partial charge on any atom is -0.385 e. The summed E-state index contributed by atoms with van der Waals surface area (Å²) in [5.74, 6) is 0.543. The molecule has 0 bridgehead atoms. The monoisotopic (exact) mass is 352 g/mol. The third-order valence-corrected chi connectivity index (χ3v) is 5.09. The fraction of sp³-hybridized carbons (Fsp3) is 0.294. The third kappa shape index (κ3) is 4.88. The van der Waals surface area contributed by atoms with Gasteiger partial charge in [0.1, 0.15) is 0 Å². The molecule has 0 unspecified atom stereocenters. The Morgan fingerprint density at radius 3 is 2.22 bits per heavy atom. The molecule has 0 heterocycles. The van der Waals surface area contributed by atoms with E-state index in [1.807, 2.05) is 12.1 Å². The van der Waals surface area contributed by atoms with Crippen LogP contribution in [0.4, 0.5) is 11.4 Å². The Morgan fingerprint density at radius 2 is 1.65 bits per heavy atom. The highest BCUT2D eigenvalue weighted by molar-refractivity contribution is 7.92. The van der Waals surface area contributed by atoms with Crippen molar-refractivity contribution in [2.24, 2.45) is 5.92 Å². The van der Waals surface area contributed by atoms with Gasteiger partial charge in [0.05, 0.1) is 4.90 Å². The van der Waals surface area contributed by atoms with E-state index >= 15 is 0 Å². The predicted octanol–water partition coefficient (Wildman–Crippen LogP) is 4.52. The number of benzene rings is 2. The van der Waals surface area contributed by atoms with Gasteiger partial charge in [-0.25, -0.2) is 8.42 Å². The molecule has 0 saturated carbocycles. The van der Waals surface area contributed by atoms with Gasteiger partial charge in [-0.2, -0.15) is 0 Å². The molecule has 0 aliphatic heterocycles. The number of rotatable bonds is 6. The molecule has 0 spiro atoms. The van der Waals surface area contributed by atoms with Crippen molar-refractivity contribution >= 4 is 33.0 Å². The van der Waals surface area contributed by atoms with Gasteiger partial charge in [-0.05, 0) is 60.9 Å². The number of sulfonamides is 1. The fourth-order valence-electron chi connectivity index (χ4n) is 1.98. The van der Waals surface area contributed by atoms with Crippen molar-refractivity contribution in [1.82, 2.24) is 0 Å². The lowest BCUT2D eigenvalue weighted by atomic mass is 10.2. The normalized spacial score (nSPS) is 11.5. The molecule has 0 amide bonds. The summed E-state index contributed by atoms with van der Waals surface area (Å²) in [6, 6.07) is 11.8. The van der Waals surface area contributed by atoms with Crippen molar-refractivity contribution in [2.75, 3.05) is 16.6 Å². The minimum absolute atomic E-state index is 0.196. The van der Waals surface area contributed by atoms with Crippen LogP contribution < -0.4 is 10.0 Å². The fourth-order valence-corrected chi connectivity index (χ4v) is 3.24. The summed E-state index contributed by atoms with van der Waals surface area (Å²) in [6.45, 7) is 6.90. The number of anilines is 2. The summed E-state index contributed by atoms with van der Waals surface area (Å²) in [4.78, 5) is 0.196. The number of hydrogen-bond acceptors (Lipinski definition) is 3. The van der Waals surface area contributed by atoms with Crippen molar-refractivity contribution in [2.45, 2.75) is 25.7 Å². The first-order chi connectivity index (χ1) is 10.8. The Labute approximate surface area is 142 Å². The first kappa shape index (κ1) is 17.6. The van der Waals surface area contributed by atoms with Gasteiger partial charge >= 0.3 is 0 Å². The third-order valence-electron chi connectivity index (χ3n) is 3.29. The topological polar surface area (TPSA) is 58.2 Å². The zero-order chi connectivity index (χ0) is 17.0. The second-order valence-corrected chi connectivity index (χ2v) is 7.96. The second kappa shape index (κ2) is 7.23. The molecule has 0 radical (unpaired) electrons. The standard InChI is InChI=1S/C17H21ClN2O2S/c1-12(2)11-19-14-4-6-15(7-5-14)20-23(21,22)16-8-9-17(18)13(3)10-16/h4-10,12,19-20H,11H2,1-3H3. The molecule has 124 valence electrons. The van der Waals surface area contributed by atoms with Crippen LogP contribution in [0.3, 0.4) is 0 Å². The summed E-state index contributed by atoms with van der Waals surface area (Å²) in [7, 11) is -3.62. The van der Waals surface area contributed by atoms with Crippen molar-refractivity contribution in [1.29, 1.82) is 0 Å². The number of nitrogens with one attached hydrogen (secondary N) is 2. The molecule has 2 aromatic rings. The summed E-state index contributed by atoms with van der Waals surface area (Å²) in [6.07, 6.45) is 0. The van der Waals surface area contributed by atoms with Crippen LogP contribution in [0, 0.1) is 12.8 Å². The largest absolute Gasteiger partial charge is 0.385 e. The molecule has 0 aliphatic carbocycles. The van der Waals surface area contributed by atoms with Gasteiger partial charge in [0, 0.05) is 22.9 Å². The maximum Gasteiger partial charge on any atom is 0.261 e. The lowest BCUT2D eigenvalue weighted by Crippen LogP contribution is -2.13. The van der Waals surface area contributed by atoms with Crippen LogP contribution in [0.5, 0.6) is 0 Å². The van der Waals surface area contributed by atoms with Crippen molar-refractivity contribution in [3.05, 3.63) is 53.1 Å².